The molecule has 1 unspecified atom stereocenters. The fourth-order valence-corrected chi connectivity index (χ4v) is 1.79. The van der Waals surface area contributed by atoms with Crippen LogP contribution in [-0.2, 0) is 0 Å². The van der Waals surface area contributed by atoms with Gasteiger partial charge in [-0.2, -0.15) is 5.10 Å². The molecule has 1 N–H and O–H groups in total. The lowest BCUT2D eigenvalue weighted by atomic mass is 10.3. The molecule has 0 spiro atoms. The zero-order chi connectivity index (χ0) is 12.5. The summed E-state index contributed by atoms with van der Waals surface area (Å²) in [5, 5.41) is 7.03. The summed E-state index contributed by atoms with van der Waals surface area (Å²) in [6.07, 6.45) is 1.96. The lowest BCUT2D eigenvalue weighted by molar-refractivity contribution is 0.207. The highest BCUT2D eigenvalue weighted by Gasteiger charge is 2.28. The Morgan fingerprint density at radius 3 is 2.89 bits per heavy atom. The number of aromatic amines is 1. The molecule has 1 aromatic carbocycles. The molecule has 1 saturated carbocycles. The summed E-state index contributed by atoms with van der Waals surface area (Å²) in [4.78, 5) is 4.38. The van der Waals surface area contributed by atoms with Gasteiger partial charge in [-0.3, -0.25) is 5.10 Å². The molecule has 1 heterocycles. The zero-order valence-electron chi connectivity index (χ0n) is 10.1. The van der Waals surface area contributed by atoms with Crippen molar-refractivity contribution in [2.75, 3.05) is 0 Å². The molecule has 1 atom stereocenters. The van der Waals surface area contributed by atoms with Gasteiger partial charge in [0.05, 0.1) is 0 Å². The molecule has 5 heteroatoms. The van der Waals surface area contributed by atoms with Crippen LogP contribution in [-0.4, -0.2) is 15.2 Å². The quantitative estimate of drug-likeness (QED) is 0.903. The van der Waals surface area contributed by atoms with Gasteiger partial charge in [-0.15, -0.1) is 0 Å². The molecule has 0 amide bonds. The third kappa shape index (κ3) is 2.20. The summed E-state index contributed by atoms with van der Waals surface area (Å²) in [6.45, 7) is 1.81. The molecule has 3 rings (SSSR count). The minimum atomic E-state index is -0.373. The van der Waals surface area contributed by atoms with Crippen molar-refractivity contribution in [1.82, 2.24) is 15.2 Å². The van der Waals surface area contributed by atoms with Gasteiger partial charge in [0.2, 0.25) is 0 Å². The van der Waals surface area contributed by atoms with Gasteiger partial charge in [0, 0.05) is 5.92 Å². The van der Waals surface area contributed by atoms with Crippen LogP contribution in [0.4, 0.5) is 4.39 Å². The Hall–Kier alpha value is -1.91. The van der Waals surface area contributed by atoms with E-state index in [4.69, 9.17) is 4.74 Å². The first kappa shape index (κ1) is 11.2. The molecule has 18 heavy (non-hydrogen) atoms. The van der Waals surface area contributed by atoms with Gasteiger partial charge in [0.15, 0.2) is 23.5 Å². The van der Waals surface area contributed by atoms with Gasteiger partial charge < -0.3 is 4.74 Å². The van der Waals surface area contributed by atoms with Crippen molar-refractivity contribution in [1.29, 1.82) is 0 Å². The number of hydrogen-bond acceptors (Lipinski definition) is 3. The number of nitrogens with zero attached hydrogens (tertiary/aromatic N) is 2. The van der Waals surface area contributed by atoms with Crippen LogP contribution < -0.4 is 4.74 Å². The molecule has 94 valence electrons. The third-order valence-corrected chi connectivity index (χ3v) is 2.99. The van der Waals surface area contributed by atoms with Crippen LogP contribution in [0.1, 0.15) is 43.4 Å². The first-order valence-electron chi connectivity index (χ1n) is 6.07. The summed E-state index contributed by atoms with van der Waals surface area (Å²) >= 11 is 0. The van der Waals surface area contributed by atoms with Crippen molar-refractivity contribution in [3.8, 4) is 5.75 Å². The molecule has 0 bridgehead atoms. The normalized spacial score (nSPS) is 16.6. The van der Waals surface area contributed by atoms with Crippen LogP contribution >= 0.6 is 0 Å². The maximum absolute atomic E-state index is 13.4. The second-order valence-electron chi connectivity index (χ2n) is 4.54. The van der Waals surface area contributed by atoms with E-state index in [0.717, 1.165) is 18.7 Å². The minimum Gasteiger partial charge on any atom is -0.480 e. The second kappa shape index (κ2) is 4.40. The standard InChI is InChI=1S/C13H14FN3O/c1-8(18-11-5-3-2-4-10(11)14)12-15-13(17-16-12)9-6-7-9/h2-5,8-9H,6-7H2,1H3,(H,15,16,17). The first-order chi connectivity index (χ1) is 8.74. The highest BCUT2D eigenvalue weighted by atomic mass is 19.1. The fraction of sp³-hybridized carbons (Fsp3) is 0.385. The zero-order valence-corrected chi connectivity index (χ0v) is 10.1. The van der Waals surface area contributed by atoms with Crippen molar-refractivity contribution in [3.63, 3.8) is 0 Å². The lowest BCUT2D eigenvalue weighted by Crippen LogP contribution is -2.06. The van der Waals surface area contributed by atoms with Crippen molar-refractivity contribution >= 4 is 0 Å². The largest absolute Gasteiger partial charge is 0.480 e. The van der Waals surface area contributed by atoms with E-state index < -0.39 is 0 Å². The molecule has 4 nitrogen and oxygen atoms in total. The maximum atomic E-state index is 13.4. The Labute approximate surface area is 104 Å². The number of halogens is 1. The van der Waals surface area contributed by atoms with E-state index in [2.05, 4.69) is 15.2 Å². The molecule has 0 aliphatic heterocycles. The first-order valence-corrected chi connectivity index (χ1v) is 6.07. The van der Waals surface area contributed by atoms with Crippen molar-refractivity contribution < 1.29 is 9.13 Å². The second-order valence-corrected chi connectivity index (χ2v) is 4.54. The smallest absolute Gasteiger partial charge is 0.191 e. The van der Waals surface area contributed by atoms with E-state index in [1.54, 1.807) is 18.2 Å². The molecular weight excluding hydrogens is 233 g/mol. The van der Waals surface area contributed by atoms with Crippen molar-refractivity contribution in [2.45, 2.75) is 31.8 Å². The Balaban J connectivity index is 1.73. The Kier molecular flexibility index (Phi) is 2.74. The summed E-state index contributed by atoms with van der Waals surface area (Å²) < 4.78 is 19.0. The van der Waals surface area contributed by atoms with Gasteiger partial charge in [-0.1, -0.05) is 12.1 Å². The third-order valence-electron chi connectivity index (χ3n) is 2.99. The van der Waals surface area contributed by atoms with Crippen LogP contribution in [0, 0.1) is 5.82 Å². The number of nitrogens with one attached hydrogen (secondary N) is 1. The molecule has 0 radical (unpaired) electrons. The van der Waals surface area contributed by atoms with Gasteiger partial charge in [-0.05, 0) is 31.9 Å². The number of H-pyrrole nitrogens is 1. The molecule has 1 aliphatic carbocycles. The number of rotatable bonds is 4. The van der Waals surface area contributed by atoms with Gasteiger partial charge in [0.25, 0.3) is 0 Å². The van der Waals surface area contributed by atoms with Crippen LogP contribution in [0.3, 0.4) is 0 Å². The lowest BCUT2D eigenvalue weighted by Gasteiger charge is -2.11. The highest BCUT2D eigenvalue weighted by molar-refractivity contribution is 5.24. The van der Waals surface area contributed by atoms with Crippen molar-refractivity contribution in [2.24, 2.45) is 0 Å². The number of ether oxygens (including phenoxy) is 1. The van der Waals surface area contributed by atoms with Crippen LogP contribution in [0.2, 0.25) is 0 Å². The monoisotopic (exact) mass is 247 g/mol. The number of hydrogen-bond donors (Lipinski definition) is 1. The number of benzene rings is 1. The summed E-state index contributed by atoms with van der Waals surface area (Å²) in [5.41, 5.74) is 0. The van der Waals surface area contributed by atoms with E-state index >= 15 is 0 Å². The van der Waals surface area contributed by atoms with E-state index in [1.165, 1.54) is 6.07 Å². The Bertz CT molecular complexity index is 551. The average Bonchev–Trinajstić information content (AvgIpc) is 3.10. The summed E-state index contributed by atoms with van der Waals surface area (Å²) in [7, 11) is 0. The summed E-state index contributed by atoms with van der Waals surface area (Å²) in [5.74, 6) is 1.85. The van der Waals surface area contributed by atoms with E-state index in [0.29, 0.717) is 11.7 Å². The molecule has 1 fully saturated rings. The predicted octanol–water partition coefficient (Wildman–Crippen LogP) is 2.96. The molecule has 1 aliphatic rings. The van der Waals surface area contributed by atoms with E-state index in [1.807, 2.05) is 6.92 Å². The Morgan fingerprint density at radius 1 is 1.39 bits per heavy atom. The predicted molar refractivity (Wildman–Crippen MR) is 63.8 cm³/mol. The van der Waals surface area contributed by atoms with Crippen molar-refractivity contribution in [3.05, 3.63) is 41.7 Å². The van der Waals surface area contributed by atoms with Gasteiger partial charge in [-0.25, -0.2) is 9.37 Å². The number of aromatic nitrogens is 3. The SMILES string of the molecule is CC(Oc1ccccc1F)c1n[nH]c(C2CC2)n1. The topological polar surface area (TPSA) is 50.8 Å². The Morgan fingerprint density at radius 2 is 2.17 bits per heavy atom. The number of para-hydroxylation sites is 1. The summed E-state index contributed by atoms with van der Waals surface area (Å²) in [6, 6.07) is 6.33. The highest BCUT2D eigenvalue weighted by Crippen LogP contribution is 2.38. The minimum absolute atomic E-state index is 0.225. The van der Waals surface area contributed by atoms with Crippen LogP contribution in [0.15, 0.2) is 24.3 Å². The molecule has 2 aromatic rings. The molecule has 0 saturated heterocycles. The van der Waals surface area contributed by atoms with Crippen LogP contribution in [0.5, 0.6) is 5.75 Å². The van der Waals surface area contributed by atoms with E-state index in [-0.39, 0.29) is 17.7 Å². The maximum Gasteiger partial charge on any atom is 0.191 e. The fourth-order valence-electron chi connectivity index (χ4n) is 1.79. The average molecular weight is 247 g/mol. The molecular formula is C13H14FN3O. The molecule has 1 aromatic heterocycles. The van der Waals surface area contributed by atoms with Gasteiger partial charge in [0.1, 0.15) is 5.82 Å². The van der Waals surface area contributed by atoms with E-state index in [9.17, 15) is 4.39 Å². The van der Waals surface area contributed by atoms with Gasteiger partial charge >= 0.3 is 0 Å². The van der Waals surface area contributed by atoms with Crippen LogP contribution in [0.25, 0.3) is 0 Å².